The molecule has 2 aromatic carbocycles. The normalized spacial score (nSPS) is 14.4. The summed E-state index contributed by atoms with van der Waals surface area (Å²) < 4.78 is 5.96. The fraction of sp³-hybridized carbons (Fsp3) is 0.192. The van der Waals surface area contributed by atoms with Gasteiger partial charge in [0.1, 0.15) is 5.69 Å². The zero-order valence-electron chi connectivity index (χ0n) is 18.9. The number of rotatable bonds is 5. The zero-order valence-corrected chi connectivity index (χ0v) is 18.9. The minimum atomic E-state index is -0.336. The number of nitrogens with zero attached hydrogens (tertiary/aromatic N) is 5. The second-order valence-electron chi connectivity index (χ2n) is 8.45. The molecule has 2 N–H and O–H groups in total. The monoisotopic (exact) mass is 465 g/mol. The minimum absolute atomic E-state index is 0.247. The van der Waals surface area contributed by atoms with Gasteiger partial charge in [-0.05, 0) is 42.5 Å². The van der Waals surface area contributed by atoms with Crippen molar-refractivity contribution in [2.45, 2.75) is 6.54 Å². The number of oxazole rings is 1. The van der Waals surface area contributed by atoms with E-state index in [1.165, 1.54) is 6.20 Å². The maximum absolute atomic E-state index is 12.8. The number of carbonyl (C=O) groups excluding carboxylic acids is 1. The molecule has 5 aromatic rings. The summed E-state index contributed by atoms with van der Waals surface area (Å²) in [5.74, 6) is 0.116. The number of fused-ring (bicyclic) bond motifs is 2. The van der Waals surface area contributed by atoms with Gasteiger partial charge in [-0.3, -0.25) is 14.7 Å². The van der Waals surface area contributed by atoms with E-state index in [0.29, 0.717) is 28.3 Å². The lowest BCUT2D eigenvalue weighted by Crippen LogP contribution is -2.43. The number of hydrogen-bond acceptors (Lipinski definition) is 8. The second kappa shape index (κ2) is 9.21. The Balaban J connectivity index is 1.21. The smallest absolute Gasteiger partial charge is 0.275 e. The van der Waals surface area contributed by atoms with Gasteiger partial charge in [-0.25, -0.2) is 9.97 Å². The number of anilines is 1. The molecule has 0 aliphatic carbocycles. The van der Waals surface area contributed by atoms with E-state index in [2.05, 4.69) is 30.5 Å². The van der Waals surface area contributed by atoms with Crippen molar-refractivity contribution in [3.8, 4) is 11.5 Å². The van der Waals surface area contributed by atoms with E-state index in [1.54, 1.807) is 0 Å². The van der Waals surface area contributed by atoms with Gasteiger partial charge in [0.15, 0.2) is 11.2 Å². The van der Waals surface area contributed by atoms with Gasteiger partial charge in [0.2, 0.25) is 5.89 Å². The number of piperazine rings is 1. The fourth-order valence-electron chi connectivity index (χ4n) is 4.16. The number of benzene rings is 2. The molecule has 0 atom stereocenters. The molecule has 0 spiro atoms. The van der Waals surface area contributed by atoms with Gasteiger partial charge >= 0.3 is 0 Å². The third-order valence-corrected chi connectivity index (χ3v) is 5.95. The van der Waals surface area contributed by atoms with Crippen LogP contribution < -0.4 is 10.6 Å². The van der Waals surface area contributed by atoms with Crippen molar-refractivity contribution < 1.29 is 9.21 Å². The highest BCUT2D eigenvalue weighted by molar-refractivity contribution is 6.03. The summed E-state index contributed by atoms with van der Waals surface area (Å²) >= 11 is 0. The number of aromatic nitrogens is 4. The maximum Gasteiger partial charge on any atom is 0.275 e. The molecule has 1 aliphatic rings. The standard InChI is InChI=1S/C26H23N7O2/c34-25(22-15-28-20-6-1-2-7-21(20)31-22)30-18-5-3-4-17(14-18)26-32-24-23(35-26)9-8-19(29-24)16-33-12-10-27-11-13-33/h1-9,14-15,27H,10-13,16H2,(H,30,34). The molecule has 1 saturated heterocycles. The van der Waals surface area contributed by atoms with Crippen molar-refractivity contribution in [1.29, 1.82) is 0 Å². The van der Waals surface area contributed by atoms with E-state index in [9.17, 15) is 4.79 Å². The quantitative estimate of drug-likeness (QED) is 0.406. The highest BCUT2D eigenvalue weighted by Crippen LogP contribution is 2.26. The predicted octanol–water partition coefficient (Wildman–Crippen LogP) is 3.49. The molecule has 174 valence electrons. The van der Waals surface area contributed by atoms with Crippen molar-refractivity contribution in [2.24, 2.45) is 0 Å². The van der Waals surface area contributed by atoms with Crippen LogP contribution in [0.25, 0.3) is 33.7 Å². The van der Waals surface area contributed by atoms with Gasteiger partial charge in [-0.1, -0.05) is 18.2 Å². The average molecular weight is 466 g/mol. The first kappa shape index (κ1) is 21.3. The first-order valence-corrected chi connectivity index (χ1v) is 11.5. The lowest BCUT2D eigenvalue weighted by Gasteiger charge is -2.26. The van der Waals surface area contributed by atoms with E-state index in [0.717, 1.165) is 49.5 Å². The van der Waals surface area contributed by atoms with Crippen LogP contribution >= 0.6 is 0 Å². The lowest BCUT2D eigenvalue weighted by atomic mass is 10.2. The van der Waals surface area contributed by atoms with Crippen molar-refractivity contribution in [2.75, 3.05) is 31.5 Å². The van der Waals surface area contributed by atoms with E-state index >= 15 is 0 Å². The molecule has 0 radical (unpaired) electrons. The lowest BCUT2D eigenvalue weighted by molar-refractivity contribution is 0.102. The number of nitrogens with one attached hydrogen (secondary N) is 2. The molecular weight excluding hydrogens is 442 g/mol. The minimum Gasteiger partial charge on any atom is -0.434 e. The molecular formula is C26H23N7O2. The number of amides is 1. The molecule has 9 heteroatoms. The SMILES string of the molecule is O=C(Nc1cccc(-c2nc3nc(CN4CCNCC4)ccc3o2)c1)c1cnc2ccccc2n1. The Morgan fingerprint density at radius 1 is 0.971 bits per heavy atom. The van der Waals surface area contributed by atoms with Crippen LogP contribution in [0.2, 0.25) is 0 Å². The molecule has 1 fully saturated rings. The molecule has 1 aliphatic heterocycles. The van der Waals surface area contributed by atoms with Gasteiger partial charge in [0.05, 0.1) is 22.9 Å². The van der Waals surface area contributed by atoms with Crippen LogP contribution in [0.3, 0.4) is 0 Å². The number of hydrogen-bond donors (Lipinski definition) is 2. The van der Waals surface area contributed by atoms with Crippen LogP contribution in [0.1, 0.15) is 16.2 Å². The van der Waals surface area contributed by atoms with Crippen LogP contribution in [0.5, 0.6) is 0 Å². The van der Waals surface area contributed by atoms with E-state index in [-0.39, 0.29) is 11.6 Å². The largest absolute Gasteiger partial charge is 0.434 e. The predicted molar refractivity (Wildman–Crippen MR) is 133 cm³/mol. The van der Waals surface area contributed by atoms with E-state index in [4.69, 9.17) is 9.40 Å². The van der Waals surface area contributed by atoms with Crippen LogP contribution in [0.15, 0.2) is 71.3 Å². The molecule has 3 aromatic heterocycles. The molecule has 1 amide bonds. The molecule has 0 bridgehead atoms. The van der Waals surface area contributed by atoms with Gasteiger partial charge in [-0.15, -0.1) is 0 Å². The van der Waals surface area contributed by atoms with Crippen molar-refractivity contribution in [1.82, 2.24) is 30.2 Å². The van der Waals surface area contributed by atoms with Gasteiger partial charge in [0.25, 0.3) is 5.91 Å². The summed E-state index contributed by atoms with van der Waals surface area (Å²) in [5, 5.41) is 6.25. The van der Waals surface area contributed by atoms with Crippen LogP contribution in [-0.4, -0.2) is 56.9 Å². The van der Waals surface area contributed by atoms with Gasteiger partial charge in [-0.2, -0.15) is 4.98 Å². The number of pyridine rings is 1. The summed E-state index contributed by atoms with van der Waals surface area (Å²) in [6.07, 6.45) is 1.48. The first-order valence-electron chi connectivity index (χ1n) is 11.5. The van der Waals surface area contributed by atoms with Crippen LogP contribution in [0.4, 0.5) is 5.69 Å². The summed E-state index contributed by atoms with van der Waals surface area (Å²) in [6.45, 7) is 4.80. The van der Waals surface area contributed by atoms with Gasteiger partial charge < -0.3 is 15.1 Å². The molecule has 0 saturated carbocycles. The Morgan fingerprint density at radius 2 is 1.83 bits per heavy atom. The molecule has 4 heterocycles. The highest BCUT2D eigenvalue weighted by atomic mass is 16.3. The van der Waals surface area contributed by atoms with Crippen molar-refractivity contribution in [3.63, 3.8) is 0 Å². The molecule has 35 heavy (non-hydrogen) atoms. The highest BCUT2D eigenvalue weighted by Gasteiger charge is 2.15. The Kier molecular flexibility index (Phi) is 5.61. The summed E-state index contributed by atoms with van der Waals surface area (Å²) in [5.41, 5.74) is 5.19. The Hall–Kier alpha value is -4.21. The molecule has 6 rings (SSSR count). The van der Waals surface area contributed by atoms with Crippen LogP contribution in [0, 0.1) is 0 Å². The third kappa shape index (κ3) is 4.59. The second-order valence-corrected chi connectivity index (χ2v) is 8.45. The van der Waals surface area contributed by atoms with Crippen molar-refractivity contribution >= 4 is 33.9 Å². The Bertz CT molecular complexity index is 1530. The topological polar surface area (TPSA) is 109 Å². The first-order chi connectivity index (χ1) is 17.2. The van der Waals surface area contributed by atoms with Gasteiger partial charge in [0, 0.05) is 44.0 Å². The average Bonchev–Trinajstić information content (AvgIpc) is 3.33. The summed E-state index contributed by atoms with van der Waals surface area (Å²) in [7, 11) is 0. The van der Waals surface area contributed by atoms with E-state index in [1.807, 2.05) is 60.7 Å². The summed E-state index contributed by atoms with van der Waals surface area (Å²) in [6, 6.07) is 18.7. The maximum atomic E-state index is 12.8. The Labute approximate surface area is 201 Å². The number of carbonyl (C=O) groups is 1. The molecule has 9 nitrogen and oxygen atoms in total. The molecule has 0 unspecified atom stereocenters. The number of para-hydroxylation sites is 2. The zero-order chi connectivity index (χ0) is 23.6. The van der Waals surface area contributed by atoms with Crippen molar-refractivity contribution in [3.05, 3.63) is 78.2 Å². The third-order valence-electron chi connectivity index (χ3n) is 5.95. The Morgan fingerprint density at radius 3 is 2.71 bits per heavy atom. The van der Waals surface area contributed by atoms with E-state index < -0.39 is 0 Å². The summed E-state index contributed by atoms with van der Waals surface area (Å²) in [4.78, 5) is 33.2. The fourth-order valence-corrected chi connectivity index (χ4v) is 4.16. The van der Waals surface area contributed by atoms with Crippen LogP contribution in [-0.2, 0) is 6.54 Å².